The third-order valence-corrected chi connectivity index (χ3v) is 3.65. The number of hydrogen-bond donors (Lipinski definition) is 1. The summed E-state index contributed by atoms with van der Waals surface area (Å²) in [6.45, 7) is 9.90. The number of primary amides is 1. The maximum atomic E-state index is 11.2. The van der Waals surface area contributed by atoms with E-state index in [-0.39, 0.29) is 5.91 Å². The van der Waals surface area contributed by atoms with E-state index in [9.17, 15) is 4.79 Å². The van der Waals surface area contributed by atoms with Crippen molar-refractivity contribution in [3.63, 3.8) is 0 Å². The molecule has 1 amide bonds. The van der Waals surface area contributed by atoms with Gasteiger partial charge in [-0.1, -0.05) is 13.8 Å². The highest BCUT2D eigenvalue weighted by Crippen LogP contribution is 2.31. The van der Waals surface area contributed by atoms with Crippen molar-refractivity contribution in [2.75, 3.05) is 0 Å². The SMILES string of the molecule is CC.Cc1cc(C)c2c(C)c(C(N)=O)sc2n1. The maximum absolute atomic E-state index is 11.2. The van der Waals surface area contributed by atoms with E-state index in [0.717, 1.165) is 27.0 Å². The van der Waals surface area contributed by atoms with Gasteiger partial charge in [0.05, 0.1) is 4.88 Å². The Labute approximate surface area is 106 Å². The molecular weight excluding hydrogens is 232 g/mol. The van der Waals surface area contributed by atoms with Crippen molar-refractivity contribution in [3.05, 3.63) is 27.8 Å². The van der Waals surface area contributed by atoms with Crippen molar-refractivity contribution in [2.45, 2.75) is 34.6 Å². The minimum atomic E-state index is -0.368. The first kappa shape index (κ1) is 13.6. The van der Waals surface area contributed by atoms with E-state index in [1.807, 2.05) is 40.7 Å². The standard InChI is InChI=1S/C11H12N2OS.C2H6/c1-5-4-6(2)13-11-8(5)7(3)9(15-11)10(12)14;1-2/h4H,1-3H3,(H2,12,14);1-2H3. The minimum absolute atomic E-state index is 0.368. The predicted octanol–water partition coefficient (Wildman–Crippen LogP) is 3.35. The smallest absolute Gasteiger partial charge is 0.259 e. The van der Waals surface area contributed by atoms with Crippen LogP contribution >= 0.6 is 11.3 Å². The Morgan fingerprint density at radius 2 is 1.88 bits per heavy atom. The lowest BCUT2D eigenvalue weighted by Gasteiger charge is -1.99. The highest BCUT2D eigenvalue weighted by atomic mass is 32.1. The largest absolute Gasteiger partial charge is 0.365 e. The molecule has 4 heteroatoms. The van der Waals surface area contributed by atoms with Crippen LogP contribution in [0.1, 0.15) is 40.3 Å². The molecule has 0 unspecified atom stereocenters. The van der Waals surface area contributed by atoms with E-state index >= 15 is 0 Å². The second-order valence-electron chi connectivity index (χ2n) is 3.68. The zero-order valence-electron chi connectivity index (χ0n) is 10.9. The molecule has 0 atom stereocenters. The summed E-state index contributed by atoms with van der Waals surface area (Å²) in [5.74, 6) is -0.368. The van der Waals surface area contributed by atoms with Crippen molar-refractivity contribution in [3.8, 4) is 0 Å². The average molecular weight is 250 g/mol. The van der Waals surface area contributed by atoms with Crippen molar-refractivity contribution >= 4 is 27.5 Å². The molecule has 3 nitrogen and oxygen atoms in total. The van der Waals surface area contributed by atoms with E-state index in [0.29, 0.717) is 4.88 Å². The van der Waals surface area contributed by atoms with Gasteiger partial charge in [-0.25, -0.2) is 4.98 Å². The third-order valence-electron chi connectivity index (χ3n) is 2.45. The van der Waals surface area contributed by atoms with Gasteiger partial charge in [0, 0.05) is 11.1 Å². The lowest BCUT2D eigenvalue weighted by atomic mass is 10.1. The van der Waals surface area contributed by atoms with Crippen LogP contribution in [-0.2, 0) is 0 Å². The van der Waals surface area contributed by atoms with E-state index in [2.05, 4.69) is 4.98 Å². The van der Waals surface area contributed by atoms with Crippen LogP contribution in [0.4, 0.5) is 0 Å². The summed E-state index contributed by atoms with van der Waals surface area (Å²) < 4.78 is 0. The van der Waals surface area contributed by atoms with Gasteiger partial charge in [-0.15, -0.1) is 11.3 Å². The molecule has 0 saturated heterocycles. The number of aryl methyl sites for hydroxylation is 3. The van der Waals surface area contributed by atoms with E-state index in [1.54, 1.807) is 0 Å². The highest BCUT2D eigenvalue weighted by molar-refractivity contribution is 7.20. The summed E-state index contributed by atoms with van der Waals surface area (Å²) in [7, 11) is 0. The number of fused-ring (bicyclic) bond motifs is 1. The fraction of sp³-hybridized carbons (Fsp3) is 0.385. The number of carbonyl (C=O) groups excluding carboxylic acids is 1. The normalized spacial score (nSPS) is 9.94. The quantitative estimate of drug-likeness (QED) is 0.843. The van der Waals surface area contributed by atoms with Gasteiger partial charge in [-0.3, -0.25) is 4.79 Å². The molecule has 2 N–H and O–H groups in total. The topological polar surface area (TPSA) is 56.0 Å². The van der Waals surface area contributed by atoms with Gasteiger partial charge in [0.1, 0.15) is 4.83 Å². The van der Waals surface area contributed by atoms with Gasteiger partial charge in [0.25, 0.3) is 5.91 Å². The van der Waals surface area contributed by atoms with Crippen LogP contribution in [0.15, 0.2) is 6.07 Å². The van der Waals surface area contributed by atoms with Crippen molar-refractivity contribution in [2.24, 2.45) is 5.73 Å². The zero-order chi connectivity index (χ0) is 13.2. The Morgan fingerprint density at radius 3 is 2.41 bits per heavy atom. The number of pyridine rings is 1. The molecule has 0 bridgehead atoms. The van der Waals surface area contributed by atoms with Crippen LogP contribution in [0.5, 0.6) is 0 Å². The molecule has 0 aromatic carbocycles. The van der Waals surface area contributed by atoms with Crippen LogP contribution in [0, 0.1) is 20.8 Å². The summed E-state index contributed by atoms with van der Waals surface area (Å²) in [5.41, 5.74) is 8.38. The molecule has 2 heterocycles. The number of thiophene rings is 1. The lowest BCUT2D eigenvalue weighted by molar-refractivity contribution is 0.100. The van der Waals surface area contributed by atoms with Crippen LogP contribution in [0.25, 0.3) is 10.2 Å². The van der Waals surface area contributed by atoms with Gasteiger partial charge in [0.15, 0.2) is 0 Å². The van der Waals surface area contributed by atoms with Crippen LogP contribution in [0.3, 0.4) is 0 Å². The number of rotatable bonds is 1. The number of hydrogen-bond acceptors (Lipinski definition) is 3. The first-order valence-corrected chi connectivity index (χ1v) is 6.49. The molecule has 0 aliphatic rings. The van der Waals surface area contributed by atoms with Crippen LogP contribution < -0.4 is 5.73 Å². The van der Waals surface area contributed by atoms with E-state index < -0.39 is 0 Å². The number of carbonyl (C=O) groups is 1. The number of amides is 1. The minimum Gasteiger partial charge on any atom is -0.365 e. The molecule has 17 heavy (non-hydrogen) atoms. The van der Waals surface area contributed by atoms with Crippen molar-refractivity contribution < 1.29 is 4.79 Å². The Bertz CT molecular complexity index is 558. The van der Waals surface area contributed by atoms with Crippen molar-refractivity contribution in [1.29, 1.82) is 0 Å². The zero-order valence-corrected chi connectivity index (χ0v) is 11.7. The third kappa shape index (κ3) is 2.47. The Morgan fingerprint density at radius 1 is 1.29 bits per heavy atom. The molecule has 0 radical (unpaired) electrons. The van der Waals surface area contributed by atoms with Gasteiger partial charge >= 0.3 is 0 Å². The van der Waals surface area contributed by atoms with E-state index in [1.165, 1.54) is 11.3 Å². The molecule has 2 aromatic rings. The van der Waals surface area contributed by atoms with Gasteiger partial charge in [-0.05, 0) is 38.0 Å². The Balaban J connectivity index is 0.000000686. The fourth-order valence-corrected chi connectivity index (χ4v) is 3.01. The molecule has 0 saturated carbocycles. The molecule has 0 aliphatic heterocycles. The fourth-order valence-electron chi connectivity index (χ4n) is 1.85. The van der Waals surface area contributed by atoms with Gasteiger partial charge < -0.3 is 5.73 Å². The number of aromatic nitrogens is 1. The van der Waals surface area contributed by atoms with Gasteiger partial charge in [0.2, 0.25) is 0 Å². The molecule has 0 spiro atoms. The van der Waals surface area contributed by atoms with Crippen LogP contribution in [0.2, 0.25) is 0 Å². The summed E-state index contributed by atoms with van der Waals surface area (Å²) >= 11 is 1.37. The Kier molecular flexibility index (Phi) is 4.23. The first-order chi connectivity index (χ1) is 8.00. The molecule has 0 fully saturated rings. The lowest BCUT2D eigenvalue weighted by Crippen LogP contribution is -2.09. The maximum Gasteiger partial charge on any atom is 0.259 e. The summed E-state index contributed by atoms with van der Waals surface area (Å²) in [5, 5.41) is 1.07. The summed E-state index contributed by atoms with van der Waals surface area (Å²) in [6.07, 6.45) is 0. The number of nitrogens with two attached hydrogens (primary N) is 1. The molecule has 92 valence electrons. The second kappa shape index (κ2) is 5.27. The summed E-state index contributed by atoms with van der Waals surface area (Å²) in [4.78, 5) is 17.1. The second-order valence-corrected chi connectivity index (χ2v) is 4.68. The predicted molar refractivity (Wildman–Crippen MR) is 73.7 cm³/mol. The Hall–Kier alpha value is -1.42. The highest BCUT2D eigenvalue weighted by Gasteiger charge is 2.15. The molecule has 0 aliphatic carbocycles. The van der Waals surface area contributed by atoms with Gasteiger partial charge in [-0.2, -0.15) is 0 Å². The molecule has 2 rings (SSSR count). The summed E-state index contributed by atoms with van der Waals surface area (Å²) in [6, 6.07) is 2.02. The molecule has 2 aromatic heterocycles. The average Bonchev–Trinajstić information content (AvgIpc) is 2.58. The van der Waals surface area contributed by atoms with Crippen LogP contribution in [-0.4, -0.2) is 10.9 Å². The van der Waals surface area contributed by atoms with E-state index in [4.69, 9.17) is 5.73 Å². The molecular formula is C13H18N2OS. The number of nitrogens with zero attached hydrogens (tertiary/aromatic N) is 1. The van der Waals surface area contributed by atoms with Crippen molar-refractivity contribution in [1.82, 2.24) is 4.98 Å². The first-order valence-electron chi connectivity index (χ1n) is 5.68. The monoisotopic (exact) mass is 250 g/mol.